The third-order valence-corrected chi connectivity index (χ3v) is 4.11. The molecule has 0 fully saturated rings. The number of benzene rings is 2. The van der Waals surface area contributed by atoms with Gasteiger partial charge < -0.3 is 14.2 Å². The van der Waals surface area contributed by atoms with Gasteiger partial charge in [0.15, 0.2) is 0 Å². The van der Waals surface area contributed by atoms with Crippen molar-refractivity contribution in [1.82, 2.24) is 0 Å². The maximum Gasteiger partial charge on any atom is 0.127 e. The second kappa shape index (κ2) is 6.66. The van der Waals surface area contributed by atoms with Crippen molar-refractivity contribution in [3.05, 3.63) is 53.6 Å². The first-order valence-corrected chi connectivity index (χ1v) is 7.11. The van der Waals surface area contributed by atoms with Crippen LogP contribution in [0.4, 0.5) is 0 Å². The first-order chi connectivity index (χ1) is 9.71. The molecule has 106 valence electrons. The van der Waals surface area contributed by atoms with Crippen LogP contribution in [0.1, 0.15) is 16.0 Å². The van der Waals surface area contributed by atoms with Crippen LogP contribution in [0.2, 0.25) is 0 Å². The van der Waals surface area contributed by atoms with E-state index in [9.17, 15) is 0 Å². The highest BCUT2D eigenvalue weighted by atomic mass is 79.9. The van der Waals surface area contributed by atoms with Crippen molar-refractivity contribution in [3.8, 4) is 17.2 Å². The van der Waals surface area contributed by atoms with E-state index in [0.717, 1.165) is 28.4 Å². The average Bonchev–Trinajstić information content (AvgIpc) is 2.53. The minimum atomic E-state index is -0.0143. The predicted octanol–water partition coefficient (Wildman–Crippen LogP) is 4.20. The van der Waals surface area contributed by atoms with E-state index in [4.69, 9.17) is 14.2 Å². The molecule has 3 nitrogen and oxygen atoms in total. The van der Waals surface area contributed by atoms with Gasteiger partial charge in [-0.3, -0.25) is 0 Å². The molecule has 2 aromatic rings. The third-order valence-electron chi connectivity index (χ3n) is 3.13. The summed E-state index contributed by atoms with van der Waals surface area (Å²) in [6, 6.07) is 13.7. The highest BCUT2D eigenvalue weighted by molar-refractivity contribution is 9.09. The summed E-state index contributed by atoms with van der Waals surface area (Å²) in [7, 11) is 4.96. The van der Waals surface area contributed by atoms with Crippen molar-refractivity contribution in [2.75, 3.05) is 21.3 Å². The number of halogens is 1. The predicted molar refractivity (Wildman–Crippen MR) is 83.3 cm³/mol. The van der Waals surface area contributed by atoms with Gasteiger partial charge in [0, 0.05) is 17.2 Å². The molecule has 0 aliphatic heterocycles. The van der Waals surface area contributed by atoms with Gasteiger partial charge >= 0.3 is 0 Å². The van der Waals surface area contributed by atoms with Gasteiger partial charge in [0.05, 0.1) is 26.2 Å². The number of alkyl halides is 1. The summed E-state index contributed by atoms with van der Waals surface area (Å²) < 4.78 is 16.1. The van der Waals surface area contributed by atoms with Crippen LogP contribution in [-0.4, -0.2) is 21.3 Å². The number of hydrogen-bond acceptors (Lipinski definition) is 3. The van der Waals surface area contributed by atoms with Crippen LogP contribution < -0.4 is 14.2 Å². The smallest absolute Gasteiger partial charge is 0.127 e. The van der Waals surface area contributed by atoms with E-state index < -0.39 is 0 Å². The maximum absolute atomic E-state index is 5.45. The molecule has 0 spiro atoms. The second-order valence-corrected chi connectivity index (χ2v) is 5.13. The molecule has 0 saturated heterocycles. The van der Waals surface area contributed by atoms with E-state index >= 15 is 0 Å². The molecule has 1 unspecified atom stereocenters. The van der Waals surface area contributed by atoms with Crippen LogP contribution in [0.25, 0.3) is 0 Å². The summed E-state index contributed by atoms with van der Waals surface area (Å²) in [5.74, 6) is 2.38. The first-order valence-electron chi connectivity index (χ1n) is 6.20. The first kappa shape index (κ1) is 14.7. The van der Waals surface area contributed by atoms with Crippen LogP contribution >= 0.6 is 15.9 Å². The third kappa shape index (κ3) is 2.90. The largest absolute Gasteiger partial charge is 0.497 e. The molecule has 4 heteroatoms. The number of hydrogen-bond donors (Lipinski definition) is 0. The minimum Gasteiger partial charge on any atom is -0.497 e. The molecule has 0 saturated carbocycles. The quantitative estimate of drug-likeness (QED) is 0.766. The Hall–Kier alpha value is -1.68. The van der Waals surface area contributed by atoms with Crippen LogP contribution in [-0.2, 0) is 0 Å². The van der Waals surface area contributed by atoms with Crippen LogP contribution in [0.3, 0.4) is 0 Å². The molecule has 0 aromatic heterocycles. The number of para-hydroxylation sites is 1. The Morgan fingerprint density at radius 2 is 1.45 bits per heavy atom. The van der Waals surface area contributed by atoms with E-state index in [-0.39, 0.29) is 4.83 Å². The molecule has 0 amide bonds. The fourth-order valence-corrected chi connectivity index (χ4v) is 2.83. The van der Waals surface area contributed by atoms with E-state index in [1.165, 1.54) is 0 Å². The average molecular weight is 337 g/mol. The Balaban J connectivity index is 2.45. The van der Waals surface area contributed by atoms with Gasteiger partial charge in [-0.05, 0) is 12.1 Å². The zero-order valence-electron chi connectivity index (χ0n) is 11.7. The Bertz CT molecular complexity index is 584. The Morgan fingerprint density at radius 3 is 2.10 bits per heavy atom. The number of methoxy groups -OCH3 is 3. The molecule has 0 aliphatic carbocycles. The second-order valence-electron chi connectivity index (χ2n) is 4.21. The van der Waals surface area contributed by atoms with Crippen molar-refractivity contribution in [2.45, 2.75) is 4.83 Å². The van der Waals surface area contributed by atoms with Crippen molar-refractivity contribution in [3.63, 3.8) is 0 Å². The lowest BCUT2D eigenvalue weighted by atomic mass is 10.0. The van der Waals surface area contributed by atoms with Gasteiger partial charge in [-0.1, -0.05) is 40.2 Å². The van der Waals surface area contributed by atoms with Crippen LogP contribution in [0, 0.1) is 0 Å². The van der Waals surface area contributed by atoms with E-state index in [1.54, 1.807) is 21.3 Å². The minimum absolute atomic E-state index is 0.0143. The Kier molecular flexibility index (Phi) is 4.90. The van der Waals surface area contributed by atoms with E-state index in [1.807, 2.05) is 42.5 Å². The van der Waals surface area contributed by atoms with Crippen LogP contribution in [0.15, 0.2) is 42.5 Å². The normalized spacial score (nSPS) is 11.8. The fraction of sp³-hybridized carbons (Fsp3) is 0.250. The van der Waals surface area contributed by atoms with Crippen LogP contribution in [0.5, 0.6) is 17.2 Å². The Morgan fingerprint density at radius 1 is 0.800 bits per heavy atom. The molecule has 0 bridgehead atoms. The molecule has 1 atom stereocenters. The van der Waals surface area contributed by atoms with Gasteiger partial charge in [0.2, 0.25) is 0 Å². The van der Waals surface area contributed by atoms with Gasteiger partial charge in [0.25, 0.3) is 0 Å². The molecule has 0 aliphatic rings. The zero-order chi connectivity index (χ0) is 14.5. The molecular formula is C16H17BrO3. The maximum atomic E-state index is 5.45. The van der Waals surface area contributed by atoms with Gasteiger partial charge in [0.1, 0.15) is 17.2 Å². The fourth-order valence-electron chi connectivity index (χ4n) is 2.07. The lowest BCUT2D eigenvalue weighted by Gasteiger charge is -2.17. The molecule has 0 N–H and O–H groups in total. The molecule has 20 heavy (non-hydrogen) atoms. The standard InChI is InChI=1S/C16H17BrO3/c1-18-11-8-9-13(15(10-11)20-3)16(17)12-6-4-5-7-14(12)19-2/h4-10,16H,1-3H3. The Labute approximate surface area is 127 Å². The summed E-state index contributed by atoms with van der Waals surface area (Å²) in [6.45, 7) is 0. The molecule has 2 rings (SSSR count). The van der Waals surface area contributed by atoms with E-state index in [0.29, 0.717) is 0 Å². The zero-order valence-corrected chi connectivity index (χ0v) is 13.3. The van der Waals surface area contributed by atoms with Crippen molar-refractivity contribution >= 4 is 15.9 Å². The van der Waals surface area contributed by atoms with E-state index in [2.05, 4.69) is 15.9 Å². The molecule has 0 heterocycles. The van der Waals surface area contributed by atoms with Gasteiger partial charge in [-0.2, -0.15) is 0 Å². The highest BCUT2D eigenvalue weighted by Gasteiger charge is 2.19. The monoisotopic (exact) mass is 336 g/mol. The summed E-state index contributed by atoms with van der Waals surface area (Å²) >= 11 is 3.72. The SMILES string of the molecule is COc1ccc(C(Br)c2ccccc2OC)c(OC)c1. The summed E-state index contributed by atoms with van der Waals surface area (Å²) in [5, 5.41) is 0. The number of rotatable bonds is 5. The lowest BCUT2D eigenvalue weighted by Crippen LogP contribution is -2.00. The van der Waals surface area contributed by atoms with Crippen molar-refractivity contribution < 1.29 is 14.2 Å². The van der Waals surface area contributed by atoms with Crippen molar-refractivity contribution in [1.29, 1.82) is 0 Å². The topological polar surface area (TPSA) is 27.7 Å². The molecule has 2 aromatic carbocycles. The lowest BCUT2D eigenvalue weighted by molar-refractivity contribution is 0.390. The molecular weight excluding hydrogens is 320 g/mol. The van der Waals surface area contributed by atoms with Gasteiger partial charge in [-0.25, -0.2) is 0 Å². The number of ether oxygens (including phenoxy) is 3. The summed E-state index contributed by atoms with van der Waals surface area (Å²) in [4.78, 5) is -0.0143. The molecule has 0 radical (unpaired) electrons. The van der Waals surface area contributed by atoms with Gasteiger partial charge in [-0.15, -0.1) is 0 Å². The summed E-state index contributed by atoms with van der Waals surface area (Å²) in [5.41, 5.74) is 2.08. The highest BCUT2D eigenvalue weighted by Crippen LogP contribution is 2.41. The van der Waals surface area contributed by atoms with Crippen molar-refractivity contribution in [2.24, 2.45) is 0 Å². The summed E-state index contributed by atoms with van der Waals surface area (Å²) in [6.07, 6.45) is 0.